The van der Waals surface area contributed by atoms with E-state index in [-0.39, 0.29) is 12.4 Å². The minimum absolute atomic E-state index is 0.144. The van der Waals surface area contributed by atoms with Crippen LogP contribution in [-0.2, 0) is 4.74 Å². The van der Waals surface area contributed by atoms with Gasteiger partial charge in [0.05, 0.1) is 5.56 Å². The molecule has 1 aromatic heterocycles. The summed E-state index contributed by atoms with van der Waals surface area (Å²) in [7, 11) is 0. The first-order valence-electron chi connectivity index (χ1n) is 5.68. The molecular weight excluding hydrogens is 244 g/mol. The molecule has 0 N–H and O–H groups in total. The zero-order valence-corrected chi connectivity index (χ0v) is 10.2. The van der Waals surface area contributed by atoms with Crippen LogP contribution in [-0.4, -0.2) is 18.9 Å². The zero-order valence-electron chi connectivity index (χ0n) is 10.2. The molecule has 1 heterocycles. The number of ether oxygens (including phenoxy) is 1. The normalized spacial score (nSPS) is 9.89. The molecule has 0 unspecified atom stereocenters. The molecule has 4 heteroatoms. The van der Waals surface area contributed by atoms with Crippen LogP contribution in [0.4, 0.5) is 0 Å². The third kappa shape index (κ3) is 2.80. The zero-order chi connectivity index (χ0) is 13.7. The minimum atomic E-state index is -0.459. The van der Waals surface area contributed by atoms with Gasteiger partial charge >= 0.3 is 5.97 Å². The van der Waals surface area contributed by atoms with Crippen LogP contribution in [0.1, 0.15) is 20.9 Å². The summed E-state index contributed by atoms with van der Waals surface area (Å²) in [5.41, 5.74) is 0.973. The van der Waals surface area contributed by atoms with Gasteiger partial charge in [0.1, 0.15) is 12.4 Å². The summed E-state index contributed by atoms with van der Waals surface area (Å²) in [6.45, 7) is 3.63. The quantitative estimate of drug-likeness (QED) is 0.468. The molecule has 1 aromatic carbocycles. The van der Waals surface area contributed by atoms with Gasteiger partial charge in [-0.3, -0.25) is 4.79 Å². The third-order valence-electron chi connectivity index (χ3n) is 2.49. The molecule has 0 aliphatic carbocycles. The van der Waals surface area contributed by atoms with Crippen LogP contribution in [0.5, 0.6) is 0 Å². The van der Waals surface area contributed by atoms with E-state index in [4.69, 9.17) is 9.15 Å². The summed E-state index contributed by atoms with van der Waals surface area (Å²) in [6, 6.07) is 10.1. The molecule has 0 saturated carbocycles. The van der Waals surface area contributed by atoms with Gasteiger partial charge in [-0.1, -0.05) is 30.9 Å². The highest BCUT2D eigenvalue weighted by molar-refractivity contribution is 5.96. The van der Waals surface area contributed by atoms with Gasteiger partial charge in [-0.15, -0.1) is 0 Å². The monoisotopic (exact) mass is 256 g/mol. The average Bonchev–Trinajstić information content (AvgIpc) is 2.93. The first kappa shape index (κ1) is 12.8. The molecule has 0 aliphatic rings. The van der Waals surface area contributed by atoms with E-state index in [0.717, 1.165) is 0 Å². The van der Waals surface area contributed by atoms with Crippen molar-refractivity contribution in [3.63, 3.8) is 0 Å². The summed E-state index contributed by atoms with van der Waals surface area (Å²) in [6.07, 6.45) is 2.11. The second-order valence-electron chi connectivity index (χ2n) is 3.75. The van der Waals surface area contributed by atoms with Crippen molar-refractivity contribution < 1.29 is 18.7 Å². The van der Waals surface area contributed by atoms with Gasteiger partial charge in [-0.25, -0.2) is 4.79 Å². The van der Waals surface area contributed by atoms with Crippen molar-refractivity contribution in [1.82, 2.24) is 0 Å². The Hall–Kier alpha value is -2.62. The standard InChI is InChI=1S/C15H12O4/c1-2-9-18-15(17)13-6-4-3-5-12(13)14-8-7-11(10-16)19-14/h2-8,10H,1,9H2. The Balaban J connectivity index is 2.37. The van der Waals surface area contributed by atoms with E-state index < -0.39 is 5.97 Å². The lowest BCUT2D eigenvalue weighted by Crippen LogP contribution is -2.06. The second kappa shape index (κ2) is 5.82. The maximum absolute atomic E-state index is 11.9. The molecule has 0 amide bonds. The summed E-state index contributed by atoms with van der Waals surface area (Å²) < 4.78 is 10.3. The highest BCUT2D eigenvalue weighted by Crippen LogP contribution is 2.26. The SMILES string of the molecule is C=CCOC(=O)c1ccccc1-c1ccc(C=O)o1. The Morgan fingerprint density at radius 3 is 2.74 bits per heavy atom. The highest BCUT2D eigenvalue weighted by atomic mass is 16.5. The Labute approximate surface area is 110 Å². The van der Waals surface area contributed by atoms with E-state index >= 15 is 0 Å². The van der Waals surface area contributed by atoms with Crippen molar-refractivity contribution in [2.24, 2.45) is 0 Å². The number of benzene rings is 1. The molecular formula is C15H12O4. The number of aldehydes is 1. The Morgan fingerprint density at radius 2 is 2.05 bits per heavy atom. The van der Waals surface area contributed by atoms with E-state index in [1.165, 1.54) is 6.08 Å². The summed E-state index contributed by atoms with van der Waals surface area (Å²) in [4.78, 5) is 22.5. The lowest BCUT2D eigenvalue weighted by Gasteiger charge is -2.06. The molecule has 2 aromatic rings. The van der Waals surface area contributed by atoms with Crippen LogP contribution in [0, 0.1) is 0 Å². The molecule has 2 rings (SSSR count). The molecule has 0 radical (unpaired) electrons. The fraction of sp³-hybridized carbons (Fsp3) is 0.0667. The van der Waals surface area contributed by atoms with Gasteiger partial charge in [-0.2, -0.15) is 0 Å². The molecule has 0 bridgehead atoms. The van der Waals surface area contributed by atoms with Crippen molar-refractivity contribution in [2.75, 3.05) is 6.61 Å². The number of hydrogen-bond donors (Lipinski definition) is 0. The van der Waals surface area contributed by atoms with Crippen molar-refractivity contribution in [3.05, 3.63) is 60.4 Å². The van der Waals surface area contributed by atoms with Gasteiger partial charge in [0.2, 0.25) is 0 Å². The molecule has 96 valence electrons. The number of hydrogen-bond acceptors (Lipinski definition) is 4. The second-order valence-corrected chi connectivity index (χ2v) is 3.75. The van der Waals surface area contributed by atoms with E-state index in [9.17, 15) is 9.59 Å². The van der Waals surface area contributed by atoms with Gasteiger partial charge in [0.15, 0.2) is 12.0 Å². The summed E-state index contributed by atoms with van der Waals surface area (Å²) in [5, 5.41) is 0. The lowest BCUT2D eigenvalue weighted by atomic mass is 10.1. The summed E-state index contributed by atoms with van der Waals surface area (Å²) in [5.74, 6) is 0.206. The van der Waals surface area contributed by atoms with E-state index in [0.29, 0.717) is 23.2 Å². The fourth-order valence-electron chi connectivity index (χ4n) is 1.65. The van der Waals surface area contributed by atoms with Gasteiger partial charge < -0.3 is 9.15 Å². The third-order valence-corrected chi connectivity index (χ3v) is 2.49. The number of carbonyl (C=O) groups excluding carboxylic acids is 2. The Morgan fingerprint density at radius 1 is 1.26 bits per heavy atom. The molecule has 0 aliphatic heterocycles. The van der Waals surface area contributed by atoms with Gasteiger partial charge in [0.25, 0.3) is 0 Å². The van der Waals surface area contributed by atoms with Crippen LogP contribution >= 0.6 is 0 Å². The number of esters is 1. The molecule has 4 nitrogen and oxygen atoms in total. The largest absolute Gasteiger partial charge is 0.458 e. The minimum Gasteiger partial charge on any atom is -0.458 e. The van der Waals surface area contributed by atoms with Crippen LogP contribution in [0.25, 0.3) is 11.3 Å². The molecule has 0 spiro atoms. The van der Waals surface area contributed by atoms with Gasteiger partial charge in [0, 0.05) is 5.56 Å². The average molecular weight is 256 g/mol. The predicted octanol–water partition coefficient (Wildman–Crippen LogP) is 3.10. The van der Waals surface area contributed by atoms with Crippen molar-refractivity contribution >= 4 is 12.3 Å². The number of furan rings is 1. The van der Waals surface area contributed by atoms with Crippen LogP contribution < -0.4 is 0 Å². The van der Waals surface area contributed by atoms with Crippen molar-refractivity contribution in [2.45, 2.75) is 0 Å². The predicted molar refractivity (Wildman–Crippen MR) is 70.0 cm³/mol. The van der Waals surface area contributed by atoms with E-state index in [1.807, 2.05) is 0 Å². The highest BCUT2D eigenvalue weighted by Gasteiger charge is 2.15. The lowest BCUT2D eigenvalue weighted by molar-refractivity contribution is 0.0550. The Bertz CT molecular complexity index is 610. The molecule has 0 atom stereocenters. The smallest absolute Gasteiger partial charge is 0.339 e. The van der Waals surface area contributed by atoms with Crippen molar-refractivity contribution in [3.8, 4) is 11.3 Å². The van der Waals surface area contributed by atoms with Crippen LogP contribution in [0.15, 0.2) is 53.5 Å². The number of rotatable bonds is 5. The van der Waals surface area contributed by atoms with E-state index in [2.05, 4.69) is 6.58 Å². The fourth-order valence-corrected chi connectivity index (χ4v) is 1.65. The first-order valence-corrected chi connectivity index (χ1v) is 5.68. The van der Waals surface area contributed by atoms with Crippen LogP contribution in [0.2, 0.25) is 0 Å². The van der Waals surface area contributed by atoms with Crippen molar-refractivity contribution in [1.29, 1.82) is 0 Å². The topological polar surface area (TPSA) is 56.5 Å². The molecule has 0 fully saturated rings. The maximum Gasteiger partial charge on any atom is 0.339 e. The number of carbonyl (C=O) groups is 2. The molecule has 19 heavy (non-hydrogen) atoms. The van der Waals surface area contributed by atoms with Crippen LogP contribution in [0.3, 0.4) is 0 Å². The van der Waals surface area contributed by atoms with Gasteiger partial charge in [-0.05, 0) is 18.2 Å². The van der Waals surface area contributed by atoms with E-state index in [1.54, 1.807) is 36.4 Å². The molecule has 0 saturated heterocycles. The Kier molecular flexibility index (Phi) is 3.93. The maximum atomic E-state index is 11.9. The first-order chi connectivity index (χ1) is 9.26. The summed E-state index contributed by atoms with van der Waals surface area (Å²) >= 11 is 0.